The number of benzene rings is 1. The summed E-state index contributed by atoms with van der Waals surface area (Å²) < 4.78 is 17.4. The summed E-state index contributed by atoms with van der Waals surface area (Å²) in [6, 6.07) is 10.2. The molecule has 33 heavy (non-hydrogen) atoms. The van der Waals surface area contributed by atoms with Crippen LogP contribution in [-0.4, -0.2) is 61.0 Å². The molecule has 3 aliphatic rings. The van der Waals surface area contributed by atoms with E-state index in [1.807, 2.05) is 24.3 Å². The number of allylic oxidation sites excluding steroid dienone is 3. The molecule has 7 nitrogen and oxygen atoms in total. The van der Waals surface area contributed by atoms with E-state index in [4.69, 9.17) is 19.2 Å². The van der Waals surface area contributed by atoms with Crippen molar-refractivity contribution in [1.82, 2.24) is 14.9 Å². The minimum atomic E-state index is 0.263. The molecule has 1 fully saturated rings. The van der Waals surface area contributed by atoms with Crippen molar-refractivity contribution in [3.63, 3.8) is 0 Å². The number of fused-ring (bicyclic) bond motifs is 7. The predicted molar refractivity (Wildman–Crippen MR) is 127 cm³/mol. The van der Waals surface area contributed by atoms with Crippen molar-refractivity contribution in [1.29, 1.82) is 0 Å². The quantitative estimate of drug-likeness (QED) is 0.669. The third kappa shape index (κ3) is 5.68. The van der Waals surface area contributed by atoms with Crippen LogP contribution in [0, 0.1) is 5.92 Å². The second-order valence-electron chi connectivity index (χ2n) is 8.40. The molecule has 1 aromatic carbocycles. The Morgan fingerprint density at radius 1 is 0.970 bits per heavy atom. The molecular weight excluding hydrogens is 416 g/mol. The van der Waals surface area contributed by atoms with Crippen molar-refractivity contribution in [2.75, 3.05) is 51.4 Å². The van der Waals surface area contributed by atoms with Crippen LogP contribution in [0.5, 0.6) is 0 Å². The van der Waals surface area contributed by atoms with Crippen LogP contribution in [0.2, 0.25) is 0 Å². The van der Waals surface area contributed by atoms with E-state index in [2.05, 4.69) is 45.6 Å². The number of ether oxygens (including phenoxy) is 3. The van der Waals surface area contributed by atoms with Gasteiger partial charge in [-0.05, 0) is 36.3 Å². The highest BCUT2D eigenvalue weighted by Crippen LogP contribution is 2.30. The molecule has 1 unspecified atom stereocenters. The lowest BCUT2D eigenvalue weighted by molar-refractivity contribution is 0.0412. The molecule has 1 atom stereocenters. The lowest BCUT2D eigenvalue weighted by Gasteiger charge is -2.37. The molecule has 6 bridgehead atoms. The Labute approximate surface area is 194 Å². The van der Waals surface area contributed by atoms with Gasteiger partial charge in [0.25, 0.3) is 0 Å². The molecule has 0 amide bonds. The van der Waals surface area contributed by atoms with Gasteiger partial charge in [-0.2, -0.15) is 0 Å². The Balaban J connectivity index is 1.42. The predicted octanol–water partition coefficient (Wildman–Crippen LogP) is 3.78. The summed E-state index contributed by atoms with van der Waals surface area (Å²) in [5, 5.41) is 3.44. The van der Waals surface area contributed by atoms with Gasteiger partial charge in [0, 0.05) is 42.2 Å². The van der Waals surface area contributed by atoms with Gasteiger partial charge in [0.05, 0.1) is 45.3 Å². The molecule has 3 heterocycles. The number of aromatic nitrogens is 2. The molecule has 1 saturated heterocycles. The van der Waals surface area contributed by atoms with Crippen molar-refractivity contribution < 1.29 is 14.2 Å². The molecule has 172 valence electrons. The molecule has 2 aromatic rings. The first-order valence-electron chi connectivity index (χ1n) is 11.6. The molecule has 0 saturated carbocycles. The lowest BCUT2D eigenvalue weighted by Crippen LogP contribution is -2.39. The van der Waals surface area contributed by atoms with Crippen LogP contribution in [0.4, 0.5) is 5.95 Å². The van der Waals surface area contributed by atoms with Crippen LogP contribution in [0.3, 0.4) is 0 Å². The first-order valence-corrected chi connectivity index (χ1v) is 11.6. The standard InChI is InChI=1S/C26H30N4O3/c1-2-13-33-19-22-17-23(6-7-25(22)30-10-14-31-15-11-30)28-26-27-9-8-24(29-26)21-5-3-4-20(16-21)18-32-12-1/h1-9,16,22H,10-15,17-19H2,(H,27,28,29)/b2-1+. The zero-order valence-corrected chi connectivity index (χ0v) is 18.8. The number of hydrogen-bond donors (Lipinski definition) is 1. The van der Waals surface area contributed by atoms with Crippen molar-refractivity contribution in [2.24, 2.45) is 5.92 Å². The average Bonchev–Trinajstić information content (AvgIpc) is 2.86. The number of nitrogens with zero attached hydrogens (tertiary/aromatic N) is 3. The third-order valence-electron chi connectivity index (χ3n) is 6.05. The van der Waals surface area contributed by atoms with E-state index < -0.39 is 0 Å². The fourth-order valence-corrected chi connectivity index (χ4v) is 4.39. The summed E-state index contributed by atoms with van der Waals surface area (Å²) in [5.41, 5.74) is 5.46. The Morgan fingerprint density at radius 3 is 2.76 bits per heavy atom. The summed E-state index contributed by atoms with van der Waals surface area (Å²) in [6.07, 6.45) is 11.1. The summed E-state index contributed by atoms with van der Waals surface area (Å²) in [7, 11) is 0. The molecule has 0 radical (unpaired) electrons. The smallest absolute Gasteiger partial charge is 0.227 e. The molecule has 7 heteroatoms. The van der Waals surface area contributed by atoms with E-state index >= 15 is 0 Å². The summed E-state index contributed by atoms with van der Waals surface area (Å²) in [4.78, 5) is 11.7. The molecule has 1 aliphatic carbocycles. The monoisotopic (exact) mass is 446 g/mol. The fourth-order valence-electron chi connectivity index (χ4n) is 4.39. The SMILES string of the molecule is C1=C2CC(COC/C=C/COCc3cccc(c3)-c3ccnc(n3)N2)C(N2CCOCC2)=C1. The van der Waals surface area contributed by atoms with Gasteiger partial charge in [-0.1, -0.05) is 30.4 Å². The average molecular weight is 447 g/mol. The van der Waals surface area contributed by atoms with Crippen LogP contribution in [0.25, 0.3) is 11.3 Å². The molecule has 5 rings (SSSR count). The van der Waals surface area contributed by atoms with E-state index in [9.17, 15) is 0 Å². The topological polar surface area (TPSA) is 68.7 Å². The van der Waals surface area contributed by atoms with Gasteiger partial charge in [-0.3, -0.25) is 0 Å². The molecular formula is C26H30N4O3. The molecule has 1 N–H and O–H groups in total. The zero-order valence-electron chi connectivity index (χ0n) is 18.8. The Bertz CT molecular complexity index is 1040. The number of anilines is 1. The Kier molecular flexibility index (Phi) is 7.11. The van der Waals surface area contributed by atoms with Crippen LogP contribution in [0.1, 0.15) is 12.0 Å². The minimum Gasteiger partial charge on any atom is -0.378 e. The Hall–Kier alpha value is -3.00. The van der Waals surface area contributed by atoms with Crippen LogP contribution in [-0.2, 0) is 20.8 Å². The van der Waals surface area contributed by atoms with Gasteiger partial charge >= 0.3 is 0 Å². The van der Waals surface area contributed by atoms with Gasteiger partial charge in [-0.15, -0.1) is 0 Å². The number of rotatable bonds is 1. The largest absolute Gasteiger partial charge is 0.378 e. The fraction of sp³-hybridized carbons (Fsp3) is 0.385. The summed E-state index contributed by atoms with van der Waals surface area (Å²) >= 11 is 0. The summed E-state index contributed by atoms with van der Waals surface area (Å²) in [5.74, 6) is 0.867. The zero-order chi connectivity index (χ0) is 22.3. The first-order chi connectivity index (χ1) is 16.3. The molecule has 2 aliphatic heterocycles. The van der Waals surface area contributed by atoms with Crippen molar-refractivity contribution in [2.45, 2.75) is 13.0 Å². The number of morpholine rings is 1. The van der Waals surface area contributed by atoms with Gasteiger partial charge < -0.3 is 24.4 Å². The van der Waals surface area contributed by atoms with Crippen molar-refractivity contribution in [3.8, 4) is 11.3 Å². The maximum absolute atomic E-state index is 6.04. The highest BCUT2D eigenvalue weighted by atomic mass is 16.5. The third-order valence-corrected chi connectivity index (χ3v) is 6.05. The number of nitrogens with one attached hydrogen (secondary N) is 1. The maximum Gasteiger partial charge on any atom is 0.227 e. The highest BCUT2D eigenvalue weighted by molar-refractivity contribution is 5.61. The minimum absolute atomic E-state index is 0.263. The van der Waals surface area contributed by atoms with E-state index in [0.29, 0.717) is 32.4 Å². The number of hydrogen-bond acceptors (Lipinski definition) is 7. The second-order valence-corrected chi connectivity index (χ2v) is 8.40. The normalized spacial score (nSPS) is 22.8. The van der Waals surface area contributed by atoms with Crippen LogP contribution < -0.4 is 5.32 Å². The summed E-state index contributed by atoms with van der Waals surface area (Å²) in [6.45, 7) is 5.71. The van der Waals surface area contributed by atoms with E-state index in [-0.39, 0.29) is 5.92 Å². The first kappa shape index (κ1) is 21.8. The van der Waals surface area contributed by atoms with Gasteiger partial charge in [0.15, 0.2) is 0 Å². The van der Waals surface area contributed by atoms with Crippen LogP contribution >= 0.6 is 0 Å². The highest BCUT2D eigenvalue weighted by Gasteiger charge is 2.26. The van der Waals surface area contributed by atoms with E-state index in [1.165, 1.54) is 5.70 Å². The molecule has 0 spiro atoms. The van der Waals surface area contributed by atoms with Gasteiger partial charge in [0.2, 0.25) is 5.95 Å². The van der Waals surface area contributed by atoms with Gasteiger partial charge in [-0.25, -0.2) is 9.97 Å². The van der Waals surface area contributed by atoms with Crippen molar-refractivity contribution >= 4 is 5.95 Å². The van der Waals surface area contributed by atoms with E-state index in [0.717, 1.165) is 55.2 Å². The van der Waals surface area contributed by atoms with E-state index in [1.54, 1.807) is 6.20 Å². The maximum atomic E-state index is 6.04. The van der Waals surface area contributed by atoms with Crippen LogP contribution in [0.15, 0.2) is 72.2 Å². The second kappa shape index (κ2) is 10.7. The Morgan fingerprint density at radius 2 is 1.85 bits per heavy atom. The van der Waals surface area contributed by atoms with Crippen molar-refractivity contribution in [3.05, 3.63) is 77.8 Å². The lowest BCUT2D eigenvalue weighted by atomic mass is 9.93. The molecule has 1 aromatic heterocycles. The van der Waals surface area contributed by atoms with Gasteiger partial charge in [0.1, 0.15) is 0 Å².